The summed E-state index contributed by atoms with van der Waals surface area (Å²) < 4.78 is 5.90. The van der Waals surface area contributed by atoms with Crippen LogP contribution in [0.1, 0.15) is 93.3 Å². The van der Waals surface area contributed by atoms with Gasteiger partial charge >= 0.3 is 0 Å². The fourth-order valence-corrected chi connectivity index (χ4v) is 6.62. The molecule has 0 unspecified atom stereocenters. The van der Waals surface area contributed by atoms with Crippen LogP contribution in [0.4, 0.5) is 0 Å². The molecule has 0 aliphatic rings. The van der Waals surface area contributed by atoms with E-state index >= 15 is 0 Å². The molecule has 4 aromatic rings. The number of aromatic nitrogens is 2. The first-order valence-corrected chi connectivity index (χ1v) is 18.1. The molecule has 0 aliphatic carbocycles. The van der Waals surface area contributed by atoms with Gasteiger partial charge in [0, 0.05) is 53.8 Å². The first-order valence-electron chi connectivity index (χ1n) is 17.3. The van der Waals surface area contributed by atoms with E-state index in [1.165, 1.54) is 37.0 Å². The van der Waals surface area contributed by atoms with E-state index in [1.54, 1.807) is 4.90 Å². The quantitative estimate of drug-likeness (QED) is 0.0841. The standard InChI is InChI=1S/C40H51N3O4S/c1-6-8-9-10-11-24-47-34-18-16-30(17-19-34)33-27-41-38(42-28-33)31-14-12-29(13-15-31)25-32(39(46)43(7-2)22-23-44)26-35(45)36-20-21-37(48-36)40(3,4)5/h12-21,27-28,32,44H,6-11,22-26H2,1-5H3/t32-/m1/s1. The average molecular weight is 670 g/mol. The van der Waals surface area contributed by atoms with Gasteiger partial charge in [0.25, 0.3) is 0 Å². The molecule has 0 saturated heterocycles. The van der Waals surface area contributed by atoms with E-state index in [0.29, 0.717) is 23.7 Å². The number of likely N-dealkylation sites (N-methyl/N-ethyl adjacent to an activating group) is 1. The molecule has 0 spiro atoms. The SMILES string of the molecule is CCCCCCCOc1ccc(-c2cnc(-c3ccc(C[C@H](CC(=O)c4ccc(C(C)(C)C)s4)C(=O)N(CC)CCO)cc3)nc2)cc1. The number of nitrogens with zero attached hydrogens (tertiary/aromatic N) is 3. The van der Waals surface area contributed by atoms with Crippen LogP contribution >= 0.6 is 11.3 Å². The van der Waals surface area contributed by atoms with Gasteiger partial charge in [-0.1, -0.05) is 89.8 Å². The number of thiophene rings is 1. The number of hydrogen-bond donors (Lipinski definition) is 1. The first kappa shape index (κ1) is 36.9. The van der Waals surface area contributed by atoms with Crippen molar-refractivity contribution in [1.29, 1.82) is 0 Å². The molecule has 1 amide bonds. The number of Topliss-reactive ketones (excluding diaryl/α,β-unsaturated/α-hetero) is 1. The fraction of sp³-hybridized carbons (Fsp3) is 0.450. The number of carbonyl (C=O) groups is 2. The van der Waals surface area contributed by atoms with Crippen LogP contribution in [0.5, 0.6) is 5.75 Å². The molecule has 2 aromatic heterocycles. The molecule has 0 aliphatic heterocycles. The second-order valence-electron chi connectivity index (χ2n) is 13.4. The van der Waals surface area contributed by atoms with E-state index in [4.69, 9.17) is 4.74 Å². The number of rotatable bonds is 18. The molecule has 48 heavy (non-hydrogen) atoms. The molecule has 0 saturated carbocycles. The number of aliphatic hydroxyl groups is 1. The van der Waals surface area contributed by atoms with E-state index in [0.717, 1.165) is 45.9 Å². The zero-order chi connectivity index (χ0) is 34.5. The van der Waals surface area contributed by atoms with Crippen LogP contribution in [-0.4, -0.2) is 58.0 Å². The average Bonchev–Trinajstić information content (AvgIpc) is 3.61. The molecule has 7 nitrogen and oxygen atoms in total. The number of carbonyl (C=O) groups excluding carboxylic acids is 2. The third-order valence-electron chi connectivity index (χ3n) is 8.51. The van der Waals surface area contributed by atoms with Crippen LogP contribution in [0, 0.1) is 5.92 Å². The van der Waals surface area contributed by atoms with E-state index < -0.39 is 5.92 Å². The number of benzene rings is 2. The molecule has 1 N–H and O–H groups in total. The third kappa shape index (κ3) is 10.6. The first-order chi connectivity index (χ1) is 23.1. The molecule has 2 aromatic carbocycles. The van der Waals surface area contributed by atoms with Crippen molar-refractivity contribution in [2.45, 2.75) is 85.0 Å². The van der Waals surface area contributed by atoms with Gasteiger partial charge in [-0.2, -0.15) is 0 Å². The highest BCUT2D eigenvalue weighted by atomic mass is 32.1. The van der Waals surface area contributed by atoms with Gasteiger partial charge < -0.3 is 14.7 Å². The Morgan fingerprint density at radius 1 is 0.854 bits per heavy atom. The molecule has 2 heterocycles. The Morgan fingerprint density at radius 3 is 2.12 bits per heavy atom. The molecular formula is C40H51N3O4S. The Labute approximate surface area is 290 Å². The maximum atomic E-state index is 13.6. The van der Waals surface area contributed by atoms with Gasteiger partial charge in [-0.25, -0.2) is 9.97 Å². The highest BCUT2D eigenvalue weighted by molar-refractivity contribution is 7.14. The topological polar surface area (TPSA) is 92.6 Å². The Balaban J connectivity index is 1.41. The predicted molar refractivity (Wildman–Crippen MR) is 196 cm³/mol. The lowest BCUT2D eigenvalue weighted by molar-refractivity contribution is -0.135. The molecular weight excluding hydrogens is 619 g/mol. The van der Waals surface area contributed by atoms with Crippen molar-refractivity contribution < 1.29 is 19.4 Å². The van der Waals surface area contributed by atoms with Gasteiger partial charge in [-0.05, 0) is 60.6 Å². The summed E-state index contributed by atoms with van der Waals surface area (Å²) in [7, 11) is 0. The van der Waals surface area contributed by atoms with Crippen molar-refractivity contribution >= 4 is 23.0 Å². The van der Waals surface area contributed by atoms with E-state index in [1.807, 2.05) is 80.0 Å². The number of amides is 1. The maximum Gasteiger partial charge on any atom is 0.226 e. The molecule has 8 heteroatoms. The monoisotopic (exact) mass is 669 g/mol. The smallest absolute Gasteiger partial charge is 0.226 e. The summed E-state index contributed by atoms with van der Waals surface area (Å²) in [5.41, 5.74) is 3.73. The van der Waals surface area contributed by atoms with E-state index in [-0.39, 0.29) is 36.7 Å². The Hall–Kier alpha value is -3.88. The number of hydrogen-bond acceptors (Lipinski definition) is 7. The summed E-state index contributed by atoms with van der Waals surface area (Å²) >= 11 is 1.50. The highest BCUT2D eigenvalue weighted by Gasteiger charge is 2.28. The van der Waals surface area contributed by atoms with Crippen molar-refractivity contribution in [2.24, 2.45) is 5.92 Å². The largest absolute Gasteiger partial charge is 0.494 e. The van der Waals surface area contributed by atoms with Gasteiger partial charge in [-0.3, -0.25) is 9.59 Å². The Morgan fingerprint density at radius 2 is 1.52 bits per heavy atom. The maximum absolute atomic E-state index is 13.6. The lowest BCUT2D eigenvalue weighted by Gasteiger charge is -2.25. The van der Waals surface area contributed by atoms with E-state index in [2.05, 4.69) is 37.7 Å². The minimum atomic E-state index is -0.534. The van der Waals surface area contributed by atoms with Crippen molar-refractivity contribution in [3.63, 3.8) is 0 Å². The zero-order valence-corrected chi connectivity index (χ0v) is 30.0. The second-order valence-corrected chi connectivity index (χ2v) is 14.4. The van der Waals surface area contributed by atoms with Crippen LogP contribution in [0.2, 0.25) is 0 Å². The van der Waals surface area contributed by atoms with Gasteiger partial charge in [0.15, 0.2) is 11.6 Å². The van der Waals surface area contributed by atoms with Gasteiger partial charge in [0.2, 0.25) is 5.91 Å². The lowest BCUT2D eigenvalue weighted by Crippen LogP contribution is -2.39. The van der Waals surface area contributed by atoms with Crippen molar-refractivity contribution in [1.82, 2.24) is 14.9 Å². The number of aliphatic hydroxyl groups excluding tert-OH is 1. The van der Waals surface area contributed by atoms with E-state index in [9.17, 15) is 14.7 Å². The summed E-state index contributed by atoms with van der Waals surface area (Å²) in [6.07, 6.45) is 10.3. The summed E-state index contributed by atoms with van der Waals surface area (Å²) in [6.45, 7) is 11.8. The van der Waals surface area contributed by atoms with Crippen molar-refractivity contribution in [3.05, 3.63) is 88.4 Å². The highest BCUT2D eigenvalue weighted by Crippen LogP contribution is 2.31. The third-order valence-corrected chi connectivity index (χ3v) is 10.1. The summed E-state index contributed by atoms with van der Waals surface area (Å²) in [5, 5.41) is 9.54. The van der Waals surface area contributed by atoms with Gasteiger partial charge in [-0.15, -0.1) is 11.3 Å². The lowest BCUT2D eigenvalue weighted by atomic mass is 9.91. The van der Waals surface area contributed by atoms with Crippen LogP contribution in [-0.2, 0) is 16.6 Å². The van der Waals surface area contributed by atoms with Crippen LogP contribution < -0.4 is 4.74 Å². The zero-order valence-electron chi connectivity index (χ0n) is 29.2. The van der Waals surface area contributed by atoms with Crippen LogP contribution in [0.3, 0.4) is 0 Å². The Bertz CT molecular complexity index is 1570. The minimum absolute atomic E-state index is 0.0287. The molecule has 0 fully saturated rings. The number of ether oxygens (including phenoxy) is 1. The van der Waals surface area contributed by atoms with Crippen molar-refractivity contribution in [3.8, 4) is 28.3 Å². The fourth-order valence-electron chi connectivity index (χ4n) is 5.60. The molecule has 1 atom stereocenters. The molecule has 256 valence electrons. The van der Waals surface area contributed by atoms with Crippen molar-refractivity contribution in [2.75, 3.05) is 26.3 Å². The van der Waals surface area contributed by atoms with Gasteiger partial charge in [0.1, 0.15) is 5.75 Å². The van der Waals surface area contributed by atoms with Crippen LogP contribution in [0.25, 0.3) is 22.5 Å². The van der Waals surface area contributed by atoms with Gasteiger partial charge in [0.05, 0.1) is 18.1 Å². The molecule has 4 rings (SSSR count). The van der Waals surface area contributed by atoms with Crippen LogP contribution in [0.15, 0.2) is 73.1 Å². The number of ketones is 1. The minimum Gasteiger partial charge on any atom is -0.494 e. The summed E-state index contributed by atoms with van der Waals surface area (Å²) in [6, 6.07) is 19.8. The number of unbranched alkanes of at least 4 members (excludes halogenated alkanes) is 4. The molecule has 0 radical (unpaired) electrons. The molecule has 0 bridgehead atoms. The predicted octanol–water partition coefficient (Wildman–Crippen LogP) is 8.79. The normalized spacial score (nSPS) is 12.1. The second kappa shape index (κ2) is 18.0. The Kier molecular flexibility index (Phi) is 13.9. The summed E-state index contributed by atoms with van der Waals surface area (Å²) in [4.78, 5) is 39.7. The summed E-state index contributed by atoms with van der Waals surface area (Å²) in [5.74, 6) is 0.811.